The van der Waals surface area contributed by atoms with E-state index in [2.05, 4.69) is 11.4 Å². The molecule has 4 heteroatoms. The molecule has 0 aliphatic carbocycles. The molecule has 1 atom stereocenters. The summed E-state index contributed by atoms with van der Waals surface area (Å²) in [5.41, 5.74) is 1.16. The second-order valence-electron chi connectivity index (χ2n) is 3.87. The fourth-order valence-electron chi connectivity index (χ4n) is 1.87. The maximum atomic E-state index is 11.2. The van der Waals surface area contributed by atoms with Crippen LogP contribution < -0.4 is 0 Å². The topological polar surface area (TPSA) is 37.3 Å². The summed E-state index contributed by atoms with van der Waals surface area (Å²) >= 11 is 3.27. The molecule has 1 unspecified atom stereocenters. The third-order valence-corrected chi connectivity index (χ3v) is 4.70. The predicted molar refractivity (Wildman–Crippen MR) is 72.1 cm³/mol. The molecule has 2 aromatic rings. The summed E-state index contributed by atoms with van der Waals surface area (Å²) in [5, 5.41) is 13.2. The average Bonchev–Trinajstić information content (AvgIpc) is 2.92. The van der Waals surface area contributed by atoms with E-state index in [0.717, 1.165) is 16.9 Å². The summed E-state index contributed by atoms with van der Waals surface area (Å²) in [6.45, 7) is 1.92. The van der Waals surface area contributed by atoms with Crippen LogP contribution in [0.2, 0.25) is 0 Å². The zero-order valence-electron chi connectivity index (χ0n) is 9.55. The first-order chi connectivity index (χ1) is 8.22. The van der Waals surface area contributed by atoms with Crippen molar-refractivity contribution in [1.82, 2.24) is 0 Å². The third-order valence-electron chi connectivity index (χ3n) is 2.75. The molecule has 0 aliphatic rings. The smallest absolute Gasteiger partial charge is 0.311 e. The van der Waals surface area contributed by atoms with Gasteiger partial charge in [-0.1, -0.05) is 13.0 Å². The van der Waals surface area contributed by atoms with Crippen LogP contribution in [0, 0.1) is 0 Å². The SMILES string of the molecule is CCC(C(=O)O)c1sccc1Cc1cccs1. The lowest BCUT2D eigenvalue weighted by Gasteiger charge is -2.10. The Labute approximate surface area is 109 Å². The van der Waals surface area contributed by atoms with E-state index < -0.39 is 5.97 Å². The third kappa shape index (κ3) is 2.76. The van der Waals surface area contributed by atoms with Gasteiger partial charge in [-0.2, -0.15) is 0 Å². The van der Waals surface area contributed by atoms with Gasteiger partial charge in [-0.15, -0.1) is 22.7 Å². The Balaban J connectivity index is 2.24. The molecule has 0 bridgehead atoms. The molecule has 2 nitrogen and oxygen atoms in total. The van der Waals surface area contributed by atoms with Gasteiger partial charge in [0, 0.05) is 16.2 Å². The maximum Gasteiger partial charge on any atom is 0.311 e. The molecule has 2 rings (SSSR count). The van der Waals surface area contributed by atoms with Crippen LogP contribution in [0.1, 0.15) is 34.6 Å². The first kappa shape index (κ1) is 12.3. The average molecular weight is 266 g/mol. The highest BCUT2D eigenvalue weighted by atomic mass is 32.1. The van der Waals surface area contributed by atoms with Crippen molar-refractivity contribution in [2.45, 2.75) is 25.7 Å². The van der Waals surface area contributed by atoms with E-state index in [4.69, 9.17) is 0 Å². The van der Waals surface area contributed by atoms with Crippen LogP contribution in [0.15, 0.2) is 29.0 Å². The van der Waals surface area contributed by atoms with Crippen molar-refractivity contribution in [3.05, 3.63) is 44.3 Å². The lowest BCUT2D eigenvalue weighted by Crippen LogP contribution is -2.10. The lowest BCUT2D eigenvalue weighted by atomic mass is 9.99. The Kier molecular flexibility index (Phi) is 3.97. The molecule has 17 heavy (non-hydrogen) atoms. The monoisotopic (exact) mass is 266 g/mol. The van der Waals surface area contributed by atoms with E-state index in [-0.39, 0.29) is 5.92 Å². The van der Waals surface area contributed by atoms with Crippen molar-refractivity contribution in [1.29, 1.82) is 0 Å². The largest absolute Gasteiger partial charge is 0.481 e. The van der Waals surface area contributed by atoms with Crippen molar-refractivity contribution < 1.29 is 9.90 Å². The summed E-state index contributed by atoms with van der Waals surface area (Å²) in [4.78, 5) is 13.5. The molecular weight excluding hydrogens is 252 g/mol. The Hall–Kier alpha value is -1.13. The number of aliphatic carboxylic acids is 1. The van der Waals surface area contributed by atoms with E-state index >= 15 is 0 Å². The van der Waals surface area contributed by atoms with E-state index in [1.807, 2.05) is 24.4 Å². The van der Waals surface area contributed by atoms with Crippen LogP contribution in [0.25, 0.3) is 0 Å². The highest BCUT2D eigenvalue weighted by Crippen LogP contribution is 2.31. The number of thiophene rings is 2. The minimum absolute atomic E-state index is 0.357. The lowest BCUT2D eigenvalue weighted by molar-refractivity contribution is -0.138. The first-order valence-electron chi connectivity index (χ1n) is 5.53. The normalized spacial score (nSPS) is 12.5. The number of carboxylic acid groups (broad SMARTS) is 1. The maximum absolute atomic E-state index is 11.2. The van der Waals surface area contributed by atoms with Gasteiger partial charge in [-0.05, 0) is 34.9 Å². The standard InChI is InChI=1S/C13H14O2S2/c1-2-11(13(14)15)12-9(5-7-17-12)8-10-4-3-6-16-10/h3-7,11H,2,8H2,1H3,(H,14,15). The predicted octanol–water partition coefficient (Wildman–Crippen LogP) is 3.98. The van der Waals surface area contributed by atoms with Gasteiger partial charge in [0.2, 0.25) is 0 Å². The molecule has 0 radical (unpaired) electrons. The molecule has 2 heterocycles. The van der Waals surface area contributed by atoms with Crippen molar-refractivity contribution in [3.8, 4) is 0 Å². The molecule has 0 aliphatic heterocycles. The van der Waals surface area contributed by atoms with Crippen molar-refractivity contribution in [3.63, 3.8) is 0 Å². The summed E-state index contributed by atoms with van der Waals surface area (Å²) in [6, 6.07) is 6.17. The van der Waals surface area contributed by atoms with Crippen molar-refractivity contribution in [2.75, 3.05) is 0 Å². The van der Waals surface area contributed by atoms with Gasteiger partial charge < -0.3 is 5.11 Å². The minimum Gasteiger partial charge on any atom is -0.481 e. The first-order valence-corrected chi connectivity index (χ1v) is 7.29. The van der Waals surface area contributed by atoms with Gasteiger partial charge in [0.05, 0.1) is 5.92 Å². The Morgan fingerprint density at radius 2 is 2.18 bits per heavy atom. The van der Waals surface area contributed by atoms with Crippen LogP contribution in [0.5, 0.6) is 0 Å². The van der Waals surface area contributed by atoms with Gasteiger partial charge in [0.25, 0.3) is 0 Å². The molecule has 0 saturated carbocycles. The zero-order chi connectivity index (χ0) is 12.3. The highest BCUT2D eigenvalue weighted by molar-refractivity contribution is 7.10. The molecule has 0 saturated heterocycles. The van der Waals surface area contributed by atoms with Gasteiger partial charge in [0.1, 0.15) is 0 Å². The van der Waals surface area contributed by atoms with Gasteiger partial charge >= 0.3 is 5.97 Å². The molecule has 0 fully saturated rings. The van der Waals surface area contributed by atoms with E-state index in [0.29, 0.717) is 6.42 Å². The number of carbonyl (C=O) groups is 1. The van der Waals surface area contributed by atoms with Crippen LogP contribution in [0.3, 0.4) is 0 Å². The quantitative estimate of drug-likeness (QED) is 0.888. The highest BCUT2D eigenvalue weighted by Gasteiger charge is 2.22. The van der Waals surface area contributed by atoms with Gasteiger partial charge in [-0.3, -0.25) is 4.79 Å². The Morgan fingerprint density at radius 3 is 2.76 bits per heavy atom. The number of carboxylic acids is 1. The second-order valence-corrected chi connectivity index (χ2v) is 5.85. The number of hydrogen-bond acceptors (Lipinski definition) is 3. The van der Waals surface area contributed by atoms with Crippen molar-refractivity contribution >= 4 is 28.6 Å². The number of rotatable bonds is 5. The summed E-state index contributed by atoms with van der Waals surface area (Å²) < 4.78 is 0. The van der Waals surface area contributed by atoms with Crippen LogP contribution in [-0.4, -0.2) is 11.1 Å². The van der Waals surface area contributed by atoms with E-state index in [1.165, 1.54) is 4.88 Å². The fraction of sp³-hybridized carbons (Fsp3) is 0.308. The van der Waals surface area contributed by atoms with Crippen LogP contribution in [-0.2, 0) is 11.2 Å². The molecule has 0 spiro atoms. The number of hydrogen-bond donors (Lipinski definition) is 1. The molecular formula is C13H14O2S2. The van der Waals surface area contributed by atoms with Gasteiger partial charge in [0.15, 0.2) is 0 Å². The summed E-state index contributed by atoms with van der Waals surface area (Å²) in [5.74, 6) is -1.08. The van der Waals surface area contributed by atoms with Crippen molar-refractivity contribution in [2.24, 2.45) is 0 Å². The molecule has 0 amide bonds. The summed E-state index contributed by atoms with van der Waals surface area (Å²) in [7, 11) is 0. The second kappa shape index (κ2) is 5.47. The summed E-state index contributed by atoms with van der Waals surface area (Å²) in [6.07, 6.45) is 1.49. The molecule has 90 valence electrons. The Bertz CT molecular complexity index is 485. The van der Waals surface area contributed by atoms with Gasteiger partial charge in [-0.25, -0.2) is 0 Å². The molecule has 2 aromatic heterocycles. The fourth-order valence-corrected chi connectivity index (χ4v) is 3.70. The van der Waals surface area contributed by atoms with Crippen LogP contribution in [0.4, 0.5) is 0 Å². The van der Waals surface area contributed by atoms with E-state index in [9.17, 15) is 9.90 Å². The molecule has 0 aromatic carbocycles. The van der Waals surface area contributed by atoms with E-state index in [1.54, 1.807) is 22.7 Å². The van der Waals surface area contributed by atoms with Crippen LogP contribution >= 0.6 is 22.7 Å². The zero-order valence-corrected chi connectivity index (χ0v) is 11.2. The molecule has 1 N–H and O–H groups in total. The minimum atomic E-state index is -0.720. The Morgan fingerprint density at radius 1 is 1.35 bits per heavy atom.